The summed E-state index contributed by atoms with van der Waals surface area (Å²) in [6, 6.07) is 24.9. The number of carbonyl (C=O) groups excluding carboxylic acids is 1. The summed E-state index contributed by atoms with van der Waals surface area (Å²) >= 11 is 0. The molecular weight excluding hydrogens is 616 g/mol. The molecule has 4 fully saturated rings. The molecule has 9 heteroatoms. The third kappa shape index (κ3) is 7.39. The molecule has 4 N–H and O–H groups in total. The average Bonchev–Trinajstić information content (AvgIpc) is 3.12. The minimum Gasteiger partial charge on any atom is -0.506 e. The number of nitrogens with one attached hydrogen (secondary N) is 2. The first-order valence-electron chi connectivity index (χ1n) is 18.0. The van der Waals surface area contributed by atoms with Gasteiger partial charge >= 0.3 is 0 Å². The van der Waals surface area contributed by atoms with E-state index >= 15 is 0 Å². The van der Waals surface area contributed by atoms with Crippen LogP contribution in [0.2, 0.25) is 0 Å². The van der Waals surface area contributed by atoms with Crippen molar-refractivity contribution >= 4 is 16.8 Å². The molecule has 4 atom stereocenters. The number of pyridine rings is 1. The molecule has 9 nitrogen and oxygen atoms in total. The van der Waals surface area contributed by atoms with Crippen molar-refractivity contribution in [3.8, 4) is 11.5 Å². The monoisotopic (exact) mass is 664 g/mol. The number of piperidine rings is 3. The first kappa shape index (κ1) is 33.3. The maximum Gasteiger partial charge on any atom is 0.254 e. The zero-order valence-electron chi connectivity index (χ0n) is 28.1. The lowest BCUT2D eigenvalue weighted by Crippen LogP contribution is -2.65. The molecule has 8 rings (SSSR count). The van der Waals surface area contributed by atoms with E-state index in [2.05, 4.69) is 50.4 Å². The van der Waals surface area contributed by atoms with Crippen LogP contribution in [0, 0.1) is 11.8 Å². The van der Waals surface area contributed by atoms with Gasteiger partial charge in [-0.2, -0.15) is 0 Å². The van der Waals surface area contributed by atoms with E-state index in [1.54, 1.807) is 12.1 Å². The van der Waals surface area contributed by atoms with Crippen LogP contribution in [0.15, 0.2) is 83.7 Å². The summed E-state index contributed by atoms with van der Waals surface area (Å²) < 4.78 is 6.01. The number of aromatic amines is 1. The van der Waals surface area contributed by atoms with Gasteiger partial charge in [-0.1, -0.05) is 49.2 Å². The lowest BCUT2D eigenvalue weighted by Gasteiger charge is -2.57. The number of aliphatic hydroxyl groups excluding tert-OH is 1. The first-order chi connectivity index (χ1) is 24.0. The molecule has 4 unspecified atom stereocenters. The highest BCUT2D eigenvalue weighted by Gasteiger charge is 2.51. The molecule has 2 bridgehead atoms. The summed E-state index contributed by atoms with van der Waals surface area (Å²) in [7, 11) is 0. The maximum absolute atomic E-state index is 13.8. The van der Waals surface area contributed by atoms with E-state index < -0.39 is 6.10 Å². The number of H-pyrrole nitrogens is 1. The Morgan fingerprint density at radius 1 is 0.918 bits per heavy atom. The number of aromatic nitrogens is 1. The van der Waals surface area contributed by atoms with E-state index in [4.69, 9.17) is 4.74 Å². The summed E-state index contributed by atoms with van der Waals surface area (Å²) in [5, 5.41) is 24.7. The van der Waals surface area contributed by atoms with Crippen molar-refractivity contribution in [3.05, 3.63) is 106 Å². The molecule has 0 aliphatic carbocycles. The van der Waals surface area contributed by atoms with Crippen molar-refractivity contribution in [3.63, 3.8) is 0 Å². The molecule has 0 radical (unpaired) electrons. The van der Waals surface area contributed by atoms with Crippen molar-refractivity contribution in [1.29, 1.82) is 0 Å². The lowest BCUT2D eigenvalue weighted by atomic mass is 9.66. The molecule has 4 aliphatic rings. The Bertz CT molecular complexity index is 1770. The van der Waals surface area contributed by atoms with Gasteiger partial charge in [0.25, 0.3) is 5.91 Å². The number of phenolic OH excluding ortho intramolecular Hbond substituents is 1. The molecule has 4 aliphatic heterocycles. The van der Waals surface area contributed by atoms with E-state index in [1.807, 2.05) is 24.3 Å². The van der Waals surface area contributed by atoms with Gasteiger partial charge in [0.15, 0.2) is 0 Å². The van der Waals surface area contributed by atoms with Crippen molar-refractivity contribution in [2.24, 2.45) is 11.8 Å². The molecule has 1 amide bonds. The molecule has 5 heterocycles. The molecule has 0 spiro atoms. The second-order valence-electron chi connectivity index (χ2n) is 14.1. The number of aliphatic hydroxyl groups is 1. The highest BCUT2D eigenvalue weighted by Crippen LogP contribution is 2.46. The number of benzene rings is 3. The standard InChI is InChI=1S/C40H48N4O5/c45-35-16-14-31(32-15-17-37(47)42-38(32)35)36(46)24-41-20-6-1-2-7-23-49-30-12-10-29(11-13-30)40(48)44-26-34(27-8-4-3-5-9-27)39(44)33-25-43-21-18-28(33)19-22-43/h3-5,8-17,28,33-34,36,39,41,45-46H,1-2,6-7,18-26H2,(H,42,47). The highest BCUT2D eigenvalue weighted by molar-refractivity contribution is 5.95. The fourth-order valence-corrected chi connectivity index (χ4v) is 8.32. The van der Waals surface area contributed by atoms with E-state index in [1.165, 1.54) is 43.6 Å². The Kier molecular flexibility index (Phi) is 10.3. The number of ether oxygens (including phenoxy) is 1. The third-order valence-electron chi connectivity index (χ3n) is 11.0. The zero-order chi connectivity index (χ0) is 33.7. The number of carbonyl (C=O) groups is 1. The molecule has 49 heavy (non-hydrogen) atoms. The fraction of sp³-hybridized carbons (Fsp3) is 0.450. The van der Waals surface area contributed by atoms with E-state index in [-0.39, 0.29) is 23.3 Å². The number of rotatable bonds is 14. The largest absolute Gasteiger partial charge is 0.506 e. The molecule has 4 saturated heterocycles. The van der Waals surface area contributed by atoms with Crippen LogP contribution in [-0.4, -0.2) is 82.8 Å². The zero-order valence-corrected chi connectivity index (χ0v) is 28.1. The summed E-state index contributed by atoms with van der Waals surface area (Å²) in [6.45, 7) is 6.09. The molecule has 258 valence electrons. The Morgan fingerprint density at radius 2 is 1.69 bits per heavy atom. The molecule has 3 aromatic carbocycles. The summed E-state index contributed by atoms with van der Waals surface area (Å²) in [5.74, 6) is 2.56. The molecular formula is C40H48N4O5. The van der Waals surface area contributed by atoms with Crippen LogP contribution >= 0.6 is 0 Å². The second-order valence-corrected chi connectivity index (χ2v) is 14.1. The number of likely N-dealkylation sites (tertiary alicyclic amines) is 1. The third-order valence-corrected chi connectivity index (χ3v) is 11.0. The topological polar surface area (TPSA) is 118 Å². The number of fused-ring (bicyclic) bond motifs is 4. The SMILES string of the molecule is O=C(c1ccc(OCCCCCCNCC(O)c2ccc(O)c3[nH]c(=O)ccc23)cc1)N1CC(c2ccccc2)C1C1CN2CCC1CC2. The average molecular weight is 665 g/mol. The van der Waals surface area contributed by atoms with Crippen molar-refractivity contribution in [2.45, 2.75) is 56.6 Å². The fourth-order valence-electron chi connectivity index (χ4n) is 8.32. The van der Waals surface area contributed by atoms with Crippen LogP contribution in [0.5, 0.6) is 11.5 Å². The van der Waals surface area contributed by atoms with Gasteiger partial charge in [-0.3, -0.25) is 9.59 Å². The normalized spacial score (nSPS) is 23.7. The van der Waals surface area contributed by atoms with Crippen LogP contribution in [0.25, 0.3) is 10.9 Å². The van der Waals surface area contributed by atoms with Crippen LogP contribution in [0.3, 0.4) is 0 Å². The molecule has 0 saturated carbocycles. The quantitative estimate of drug-likeness (QED) is 0.133. The van der Waals surface area contributed by atoms with Crippen LogP contribution in [-0.2, 0) is 0 Å². The minimum absolute atomic E-state index is 0.0139. The van der Waals surface area contributed by atoms with E-state index in [9.17, 15) is 19.8 Å². The lowest BCUT2D eigenvalue weighted by molar-refractivity contribution is -0.0468. The minimum atomic E-state index is -0.757. The maximum atomic E-state index is 13.8. The summed E-state index contributed by atoms with van der Waals surface area (Å²) in [6.07, 6.45) is 5.75. The highest BCUT2D eigenvalue weighted by atomic mass is 16.5. The van der Waals surface area contributed by atoms with Gasteiger partial charge in [-0.05, 0) is 105 Å². The van der Waals surface area contributed by atoms with Gasteiger partial charge in [-0.15, -0.1) is 0 Å². The van der Waals surface area contributed by atoms with E-state index in [0.717, 1.165) is 56.6 Å². The van der Waals surface area contributed by atoms with Gasteiger partial charge in [0.05, 0.1) is 18.2 Å². The van der Waals surface area contributed by atoms with Gasteiger partial charge in [0.2, 0.25) is 5.56 Å². The number of hydrogen-bond donors (Lipinski definition) is 4. The molecule has 4 aromatic rings. The number of phenols is 1. The first-order valence-corrected chi connectivity index (χ1v) is 18.0. The Morgan fingerprint density at radius 3 is 2.45 bits per heavy atom. The van der Waals surface area contributed by atoms with Crippen LogP contribution in [0.1, 0.15) is 72.0 Å². The molecule has 1 aromatic heterocycles. The Labute approximate surface area is 287 Å². The summed E-state index contributed by atoms with van der Waals surface area (Å²) in [5.41, 5.74) is 2.79. The number of nitrogens with zero attached hydrogens (tertiary/aromatic N) is 2. The smallest absolute Gasteiger partial charge is 0.254 e. The predicted octanol–water partition coefficient (Wildman–Crippen LogP) is 5.45. The Balaban J connectivity index is 0.826. The van der Waals surface area contributed by atoms with Gasteiger partial charge in [-0.25, -0.2) is 0 Å². The predicted molar refractivity (Wildman–Crippen MR) is 191 cm³/mol. The summed E-state index contributed by atoms with van der Waals surface area (Å²) in [4.78, 5) is 32.8. The van der Waals surface area contributed by atoms with Gasteiger partial charge in [0.1, 0.15) is 11.5 Å². The number of aromatic hydroxyl groups is 1. The van der Waals surface area contributed by atoms with Crippen LogP contribution in [0.4, 0.5) is 0 Å². The van der Waals surface area contributed by atoms with Gasteiger partial charge < -0.3 is 35.1 Å². The second kappa shape index (κ2) is 15.2. The van der Waals surface area contributed by atoms with Crippen LogP contribution < -0.4 is 15.6 Å². The van der Waals surface area contributed by atoms with Crippen molar-refractivity contribution in [1.82, 2.24) is 20.1 Å². The van der Waals surface area contributed by atoms with Crippen molar-refractivity contribution < 1.29 is 19.7 Å². The van der Waals surface area contributed by atoms with Gasteiger partial charge in [0, 0.05) is 48.6 Å². The number of hydrogen-bond acceptors (Lipinski definition) is 7. The van der Waals surface area contributed by atoms with Crippen molar-refractivity contribution in [2.75, 3.05) is 45.9 Å². The van der Waals surface area contributed by atoms with E-state index in [0.29, 0.717) is 47.4 Å². The Hall–Kier alpha value is -4.18. The number of unbranched alkanes of at least 4 members (excludes halogenated alkanes) is 3. The number of amides is 1.